The molecule has 1 aromatic heterocycles. The molecule has 1 aliphatic rings. The molecule has 0 saturated carbocycles. The summed E-state index contributed by atoms with van der Waals surface area (Å²) in [5.41, 5.74) is 4.63. The number of aryl methyl sites for hydroxylation is 2. The van der Waals surface area contributed by atoms with Crippen molar-refractivity contribution in [3.05, 3.63) is 51.7 Å². The summed E-state index contributed by atoms with van der Waals surface area (Å²) in [4.78, 5) is 13.4. The van der Waals surface area contributed by atoms with E-state index in [0.717, 1.165) is 47.4 Å². The highest BCUT2D eigenvalue weighted by atomic mass is 32.1. The molecule has 140 valence electrons. The van der Waals surface area contributed by atoms with Crippen molar-refractivity contribution in [3.63, 3.8) is 0 Å². The number of benzene rings is 1. The Labute approximate surface area is 161 Å². The first-order valence-electron chi connectivity index (χ1n) is 9.79. The lowest BCUT2D eigenvalue weighted by atomic mass is 9.99. The van der Waals surface area contributed by atoms with Gasteiger partial charge < -0.3 is 9.80 Å². The van der Waals surface area contributed by atoms with Crippen LogP contribution in [0.4, 0.5) is 5.69 Å². The summed E-state index contributed by atoms with van der Waals surface area (Å²) >= 11 is 1.75. The lowest BCUT2D eigenvalue weighted by Crippen LogP contribution is -2.61. The van der Waals surface area contributed by atoms with Crippen LogP contribution in [0.25, 0.3) is 0 Å². The highest BCUT2D eigenvalue weighted by Crippen LogP contribution is 2.30. The molecule has 2 heterocycles. The third kappa shape index (κ3) is 4.02. The molecule has 1 aliphatic heterocycles. The van der Waals surface area contributed by atoms with Crippen LogP contribution in [0, 0.1) is 13.8 Å². The van der Waals surface area contributed by atoms with Crippen molar-refractivity contribution in [3.8, 4) is 0 Å². The number of nitrogens with zero attached hydrogens (tertiary/aromatic N) is 1. The number of para-hydroxylation sites is 1. The quantitative estimate of drug-likeness (QED) is 0.688. The topological polar surface area (TPSA) is 29.1 Å². The van der Waals surface area contributed by atoms with Gasteiger partial charge in [-0.15, -0.1) is 0 Å². The van der Waals surface area contributed by atoms with Crippen molar-refractivity contribution in [2.24, 2.45) is 0 Å². The van der Waals surface area contributed by atoms with Gasteiger partial charge in [-0.2, -0.15) is 11.3 Å². The smallest absolute Gasteiger partial charge is 0.282 e. The Morgan fingerprint density at radius 3 is 2.42 bits per heavy atom. The zero-order chi connectivity index (χ0) is 18.6. The Morgan fingerprint density at radius 2 is 1.85 bits per heavy atom. The number of hydrogen-bond acceptors (Lipinski definition) is 2. The molecular formula is C22H31N2OS+. The summed E-state index contributed by atoms with van der Waals surface area (Å²) in [5, 5.41) is 7.67. The predicted molar refractivity (Wildman–Crippen MR) is 110 cm³/mol. The fraction of sp³-hybridized carbons (Fsp3) is 0.500. The minimum absolute atomic E-state index is 0.00852. The Hall–Kier alpha value is -1.65. The van der Waals surface area contributed by atoms with Gasteiger partial charge in [-0.1, -0.05) is 25.1 Å². The SMILES string of the molecule is CCC(C(=O)Nc1c(C)cccc1C)[N+]1(Cc2ccsc2)CCCCC1. The van der Waals surface area contributed by atoms with E-state index in [1.165, 1.54) is 24.8 Å². The summed E-state index contributed by atoms with van der Waals surface area (Å²) < 4.78 is 0.907. The summed E-state index contributed by atoms with van der Waals surface area (Å²) in [6.45, 7) is 9.49. The van der Waals surface area contributed by atoms with Crippen LogP contribution >= 0.6 is 11.3 Å². The molecule has 0 aliphatic carbocycles. The van der Waals surface area contributed by atoms with Gasteiger partial charge in [0.25, 0.3) is 5.91 Å². The third-order valence-electron chi connectivity index (χ3n) is 5.86. The van der Waals surface area contributed by atoms with Crippen LogP contribution < -0.4 is 5.32 Å². The maximum Gasteiger partial charge on any atom is 0.282 e. The van der Waals surface area contributed by atoms with Crippen LogP contribution in [0.1, 0.15) is 49.3 Å². The van der Waals surface area contributed by atoms with E-state index < -0.39 is 0 Å². The van der Waals surface area contributed by atoms with Crippen molar-refractivity contribution in [2.75, 3.05) is 18.4 Å². The fourth-order valence-electron chi connectivity index (χ4n) is 4.51. The fourth-order valence-corrected chi connectivity index (χ4v) is 5.17. The van der Waals surface area contributed by atoms with Crippen LogP contribution in [-0.2, 0) is 11.3 Å². The molecule has 0 bridgehead atoms. The lowest BCUT2D eigenvalue weighted by Gasteiger charge is -2.46. The summed E-state index contributed by atoms with van der Waals surface area (Å²) in [6.07, 6.45) is 4.61. The van der Waals surface area contributed by atoms with E-state index in [9.17, 15) is 4.79 Å². The van der Waals surface area contributed by atoms with Crippen LogP contribution in [0.15, 0.2) is 35.0 Å². The molecule has 26 heavy (non-hydrogen) atoms. The molecule has 1 atom stereocenters. The monoisotopic (exact) mass is 371 g/mol. The number of likely N-dealkylation sites (tertiary alicyclic amines) is 1. The van der Waals surface area contributed by atoms with Crippen molar-refractivity contribution >= 4 is 22.9 Å². The first-order valence-corrected chi connectivity index (χ1v) is 10.7. The van der Waals surface area contributed by atoms with Gasteiger partial charge in [0.15, 0.2) is 6.04 Å². The molecule has 0 spiro atoms. The zero-order valence-electron chi connectivity index (χ0n) is 16.3. The number of rotatable bonds is 6. The van der Waals surface area contributed by atoms with E-state index in [4.69, 9.17) is 0 Å². The minimum atomic E-state index is 0.00852. The number of thiophene rings is 1. The van der Waals surface area contributed by atoms with Gasteiger partial charge in [-0.25, -0.2) is 0 Å². The molecule has 3 nitrogen and oxygen atoms in total. The number of hydrogen-bond donors (Lipinski definition) is 1. The normalized spacial score (nSPS) is 17.7. The molecule has 4 heteroatoms. The van der Waals surface area contributed by atoms with Crippen LogP contribution in [0.5, 0.6) is 0 Å². The number of anilines is 1. The van der Waals surface area contributed by atoms with E-state index in [1.54, 1.807) is 11.3 Å². The number of piperidine rings is 1. The molecule has 3 rings (SSSR count). The Bertz CT molecular complexity index is 712. The largest absolute Gasteiger partial charge is 0.320 e. The number of amides is 1. The Kier molecular flexibility index (Phi) is 6.15. The van der Waals surface area contributed by atoms with Gasteiger partial charge in [0.1, 0.15) is 6.54 Å². The first kappa shape index (κ1) is 19.1. The highest BCUT2D eigenvalue weighted by Gasteiger charge is 2.42. The van der Waals surface area contributed by atoms with Gasteiger partial charge >= 0.3 is 0 Å². The molecule has 1 amide bonds. The van der Waals surface area contributed by atoms with E-state index in [0.29, 0.717) is 0 Å². The van der Waals surface area contributed by atoms with Crippen molar-refractivity contribution in [1.82, 2.24) is 0 Å². The van der Waals surface area contributed by atoms with Crippen molar-refractivity contribution in [1.29, 1.82) is 0 Å². The third-order valence-corrected chi connectivity index (χ3v) is 6.60. The molecule has 2 aromatic rings. The van der Waals surface area contributed by atoms with E-state index >= 15 is 0 Å². The second kappa shape index (κ2) is 8.36. The molecule has 0 radical (unpaired) electrons. The van der Waals surface area contributed by atoms with E-state index in [2.05, 4.69) is 55.0 Å². The maximum atomic E-state index is 13.4. The number of nitrogens with one attached hydrogen (secondary N) is 1. The first-order chi connectivity index (χ1) is 12.6. The predicted octanol–water partition coefficient (Wildman–Crippen LogP) is 5.28. The van der Waals surface area contributed by atoms with E-state index in [1.807, 2.05) is 6.07 Å². The van der Waals surface area contributed by atoms with Gasteiger partial charge in [0.05, 0.1) is 13.1 Å². The van der Waals surface area contributed by atoms with Gasteiger partial charge in [0, 0.05) is 17.7 Å². The summed E-state index contributed by atoms with van der Waals surface area (Å²) in [7, 11) is 0. The van der Waals surface area contributed by atoms with Gasteiger partial charge in [-0.3, -0.25) is 4.79 Å². The molecule has 1 N–H and O–H groups in total. The zero-order valence-corrected chi connectivity index (χ0v) is 17.1. The molecule has 1 fully saturated rings. The number of quaternary nitrogens is 1. The second-order valence-electron chi connectivity index (χ2n) is 7.70. The standard InChI is InChI=1S/C22H30N2OS/c1-4-20(22(25)23-21-17(2)9-8-10-18(21)3)24(12-6-5-7-13-24)15-19-11-14-26-16-19/h8-11,14,16,20H,4-7,12-13,15H2,1-3H3/p+1. The van der Waals surface area contributed by atoms with Crippen LogP contribution in [0.3, 0.4) is 0 Å². The van der Waals surface area contributed by atoms with Crippen molar-refractivity contribution < 1.29 is 9.28 Å². The Balaban J connectivity index is 1.86. The highest BCUT2D eigenvalue weighted by molar-refractivity contribution is 7.07. The average Bonchev–Trinajstić information content (AvgIpc) is 3.12. The number of carbonyl (C=O) groups is 1. The molecule has 1 aromatic carbocycles. The molecule has 1 saturated heterocycles. The van der Waals surface area contributed by atoms with Crippen molar-refractivity contribution in [2.45, 2.75) is 59.0 Å². The summed E-state index contributed by atoms with van der Waals surface area (Å²) in [6, 6.07) is 8.41. The minimum Gasteiger partial charge on any atom is -0.320 e. The van der Waals surface area contributed by atoms with Gasteiger partial charge in [0.2, 0.25) is 0 Å². The second-order valence-corrected chi connectivity index (χ2v) is 8.48. The maximum absolute atomic E-state index is 13.4. The summed E-state index contributed by atoms with van der Waals surface area (Å²) in [5.74, 6) is 0.182. The van der Waals surface area contributed by atoms with Crippen LogP contribution in [0.2, 0.25) is 0 Å². The average molecular weight is 372 g/mol. The van der Waals surface area contributed by atoms with Crippen LogP contribution in [-0.4, -0.2) is 29.5 Å². The lowest BCUT2D eigenvalue weighted by molar-refractivity contribution is -0.959. The number of carbonyl (C=O) groups excluding carboxylic acids is 1. The van der Waals surface area contributed by atoms with Gasteiger partial charge in [-0.05, 0) is 61.1 Å². The van der Waals surface area contributed by atoms with E-state index in [-0.39, 0.29) is 11.9 Å². The molecule has 1 unspecified atom stereocenters. The Morgan fingerprint density at radius 1 is 1.15 bits per heavy atom. The molecular weight excluding hydrogens is 340 g/mol.